The van der Waals surface area contributed by atoms with Crippen LogP contribution in [0.4, 0.5) is 0 Å². The largest absolute Gasteiger partial charge is 0.355 e. The van der Waals surface area contributed by atoms with Crippen LogP contribution in [0, 0.1) is 0 Å². The van der Waals surface area contributed by atoms with Gasteiger partial charge < -0.3 is 5.32 Å². The van der Waals surface area contributed by atoms with Gasteiger partial charge in [0.2, 0.25) is 21.1 Å². The molecule has 0 spiro atoms. The molecule has 27 heavy (non-hydrogen) atoms. The van der Waals surface area contributed by atoms with Crippen LogP contribution in [0.1, 0.15) is 30.8 Å². The summed E-state index contributed by atoms with van der Waals surface area (Å²) in [5.41, 5.74) is 2.71. The summed E-state index contributed by atoms with van der Waals surface area (Å²) in [5.74, 6) is 0.0862. The van der Waals surface area contributed by atoms with Crippen molar-refractivity contribution >= 4 is 27.7 Å². The minimum Gasteiger partial charge on any atom is -0.355 e. The first kappa shape index (κ1) is 21.3. The molecular weight excluding hydrogens is 386 g/mol. The summed E-state index contributed by atoms with van der Waals surface area (Å²) in [4.78, 5) is 16.5. The molecule has 1 aromatic heterocycles. The lowest BCUT2D eigenvalue weighted by molar-refractivity contribution is -0.118. The van der Waals surface area contributed by atoms with Gasteiger partial charge in [0.15, 0.2) is 0 Å². The fourth-order valence-corrected chi connectivity index (χ4v) is 3.51. The molecule has 0 aliphatic carbocycles. The molecule has 0 fully saturated rings. The summed E-state index contributed by atoms with van der Waals surface area (Å²) in [6.45, 7) is 4.47. The number of sulfonamides is 1. The van der Waals surface area contributed by atoms with Gasteiger partial charge in [0.1, 0.15) is 0 Å². The Morgan fingerprint density at radius 2 is 1.78 bits per heavy atom. The number of amides is 1. The predicted octanol–water partition coefficient (Wildman–Crippen LogP) is 1.09. The van der Waals surface area contributed by atoms with Crippen LogP contribution in [0.25, 0.3) is 0 Å². The zero-order valence-corrected chi connectivity index (χ0v) is 16.9. The molecule has 3 N–H and O–H groups in total. The number of aryl methyl sites for hydroxylation is 2. The predicted molar refractivity (Wildman–Crippen MR) is 104 cm³/mol. The van der Waals surface area contributed by atoms with E-state index in [9.17, 15) is 13.2 Å². The van der Waals surface area contributed by atoms with Crippen molar-refractivity contribution < 1.29 is 13.2 Å². The van der Waals surface area contributed by atoms with Gasteiger partial charge in [-0.1, -0.05) is 37.7 Å². The van der Waals surface area contributed by atoms with Crippen LogP contribution >= 0.6 is 11.8 Å². The van der Waals surface area contributed by atoms with Crippen molar-refractivity contribution in [3.8, 4) is 0 Å². The first-order valence-corrected chi connectivity index (χ1v) is 11.1. The first-order valence-electron chi connectivity index (χ1n) is 8.57. The van der Waals surface area contributed by atoms with Crippen LogP contribution in [-0.2, 0) is 34.1 Å². The lowest BCUT2D eigenvalue weighted by atomic mass is 10.1. The van der Waals surface area contributed by atoms with E-state index < -0.39 is 10.0 Å². The number of rotatable bonds is 9. The molecule has 1 amide bonds. The second-order valence-corrected chi connectivity index (χ2v) is 8.28. The van der Waals surface area contributed by atoms with Gasteiger partial charge in [-0.25, -0.2) is 18.5 Å². The standard InChI is InChI=1S/C17H23N5O3S2/c1-3-14-15(4-2)21-22-17(20-14)26-11-16(23)19-10-9-12-5-7-13(8-6-12)27(18,24)25/h5-8H,3-4,9-11H2,1-2H3,(H,19,23)(H2,18,24,25). The quantitative estimate of drug-likeness (QED) is 0.593. The highest BCUT2D eigenvalue weighted by atomic mass is 32.2. The molecule has 146 valence electrons. The minimum atomic E-state index is -3.69. The van der Waals surface area contributed by atoms with Gasteiger partial charge in [-0.05, 0) is 37.0 Å². The van der Waals surface area contributed by atoms with Crippen molar-refractivity contribution in [1.29, 1.82) is 0 Å². The third-order valence-electron chi connectivity index (χ3n) is 3.81. The summed E-state index contributed by atoms with van der Waals surface area (Å²) in [6, 6.07) is 6.28. The maximum Gasteiger partial charge on any atom is 0.238 e. The fourth-order valence-electron chi connectivity index (χ4n) is 2.36. The zero-order valence-electron chi connectivity index (χ0n) is 15.3. The minimum absolute atomic E-state index is 0.0702. The number of hydrogen-bond acceptors (Lipinski definition) is 7. The third-order valence-corrected chi connectivity index (χ3v) is 5.58. The van der Waals surface area contributed by atoms with E-state index in [0.717, 1.165) is 29.8 Å². The molecule has 1 aromatic carbocycles. The smallest absolute Gasteiger partial charge is 0.238 e. The number of nitrogens with zero attached hydrogens (tertiary/aromatic N) is 3. The number of primary sulfonamides is 1. The summed E-state index contributed by atoms with van der Waals surface area (Å²) >= 11 is 1.25. The second-order valence-electron chi connectivity index (χ2n) is 5.77. The van der Waals surface area contributed by atoms with Gasteiger partial charge in [0.25, 0.3) is 0 Å². The molecular formula is C17H23N5O3S2. The Kier molecular flexibility index (Phi) is 7.69. The number of aromatic nitrogens is 3. The van der Waals surface area contributed by atoms with E-state index in [-0.39, 0.29) is 16.6 Å². The Morgan fingerprint density at radius 1 is 1.11 bits per heavy atom. The van der Waals surface area contributed by atoms with Crippen LogP contribution in [0.3, 0.4) is 0 Å². The van der Waals surface area contributed by atoms with Gasteiger partial charge in [-0.15, -0.1) is 5.10 Å². The fraction of sp³-hybridized carbons (Fsp3) is 0.412. The number of thioether (sulfide) groups is 1. The molecule has 0 saturated carbocycles. The Labute approximate surface area is 163 Å². The van der Waals surface area contributed by atoms with Crippen LogP contribution in [-0.4, -0.2) is 41.8 Å². The summed E-state index contributed by atoms with van der Waals surface area (Å²) in [5, 5.41) is 16.6. The van der Waals surface area contributed by atoms with E-state index in [4.69, 9.17) is 5.14 Å². The highest BCUT2D eigenvalue weighted by Gasteiger charge is 2.10. The van der Waals surface area contributed by atoms with Crippen molar-refractivity contribution in [3.63, 3.8) is 0 Å². The summed E-state index contributed by atoms with van der Waals surface area (Å²) in [7, 11) is -3.69. The topological polar surface area (TPSA) is 128 Å². The summed E-state index contributed by atoms with van der Waals surface area (Å²) in [6.07, 6.45) is 2.15. The Bertz CT molecular complexity index is 886. The van der Waals surface area contributed by atoms with E-state index >= 15 is 0 Å². The van der Waals surface area contributed by atoms with Crippen molar-refractivity contribution in [2.75, 3.05) is 12.3 Å². The van der Waals surface area contributed by atoms with Crippen molar-refractivity contribution in [1.82, 2.24) is 20.5 Å². The van der Waals surface area contributed by atoms with Crippen LogP contribution in [0.2, 0.25) is 0 Å². The van der Waals surface area contributed by atoms with Gasteiger partial charge in [-0.3, -0.25) is 4.79 Å². The van der Waals surface area contributed by atoms with Crippen molar-refractivity contribution in [3.05, 3.63) is 41.2 Å². The van der Waals surface area contributed by atoms with Gasteiger partial charge in [0.05, 0.1) is 22.0 Å². The lowest BCUT2D eigenvalue weighted by Crippen LogP contribution is -2.27. The number of carbonyl (C=O) groups excluding carboxylic acids is 1. The Hall–Kier alpha value is -2.04. The summed E-state index contributed by atoms with van der Waals surface area (Å²) < 4.78 is 22.4. The molecule has 0 aliphatic rings. The van der Waals surface area contributed by atoms with Crippen molar-refractivity contribution in [2.24, 2.45) is 5.14 Å². The number of benzene rings is 1. The molecule has 0 atom stereocenters. The molecule has 10 heteroatoms. The number of nitrogens with one attached hydrogen (secondary N) is 1. The first-order chi connectivity index (χ1) is 12.8. The lowest BCUT2D eigenvalue weighted by Gasteiger charge is -2.07. The molecule has 0 unspecified atom stereocenters. The molecule has 2 rings (SSSR count). The number of nitrogens with two attached hydrogens (primary N) is 1. The molecule has 0 radical (unpaired) electrons. The van der Waals surface area contributed by atoms with Gasteiger partial charge in [0, 0.05) is 6.54 Å². The maximum absolute atomic E-state index is 12.0. The zero-order chi connectivity index (χ0) is 19.9. The van der Waals surface area contributed by atoms with Crippen LogP contribution in [0.15, 0.2) is 34.3 Å². The average molecular weight is 410 g/mol. The highest BCUT2D eigenvalue weighted by Crippen LogP contribution is 2.14. The van der Waals surface area contributed by atoms with Gasteiger partial charge in [-0.2, -0.15) is 5.10 Å². The molecule has 0 aliphatic heterocycles. The van der Waals surface area contributed by atoms with E-state index in [1.165, 1.54) is 23.9 Å². The molecule has 2 aromatic rings. The van der Waals surface area contributed by atoms with Crippen LogP contribution in [0.5, 0.6) is 0 Å². The number of hydrogen-bond donors (Lipinski definition) is 2. The van der Waals surface area contributed by atoms with E-state index in [1.807, 2.05) is 13.8 Å². The highest BCUT2D eigenvalue weighted by molar-refractivity contribution is 7.99. The van der Waals surface area contributed by atoms with E-state index in [2.05, 4.69) is 20.5 Å². The maximum atomic E-state index is 12.0. The normalized spacial score (nSPS) is 11.4. The van der Waals surface area contributed by atoms with Crippen molar-refractivity contribution in [2.45, 2.75) is 43.2 Å². The second kappa shape index (κ2) is 9.77. The van der Waals surface area contributed by atoms with E-state index in [1.54, 1.807) is 12.1 Å². The third kappa shape index (κ3) is 6.56. The van der Waals surface area contributed by atoms with E-state index in [0.29, 0.717) is 18.1 Å². The molecule has 8 nitrogen and oxygen atoms in total. The Morgan fingerprint density at radius 3 is 2.37 bits per heavy atom. The number of carbonyl (C=O) groups is 1. The molecule has 0 bridgehead atoms. The molecule has 0 saturated heterocycles. The average Bonchev–Trinajstić information content (AvgIpc) is 2.65. The Balaban J connectivity index is 1.78. The monoisotopic (exact) mass is 409 g/mol. The molecule has 1 heterocycles. The van der Waals surface area contributed by atoms with Gasteiger partial charge >= 0.3 is 0 Å². The SMILES string of the molecule is CCc1nnc(SCC(=O)NCCc2ccc(S(N)(=O)=O)cc2)nc1CC. The van der Waals surface area contributed by atoms with Crippen LogP contribution < -0.4 is 10.5 Å².